The second-order valence-electron chi connectivity index (χ2n) is 3.09. The number of aromatic nitrogens is 1. The van der Waals surface area contributed by atoms with E-state index >= 15 is 0 Å². The van der Waals surface area contributed by atoms with Gasteiger partial charge >= 0.3 is 6.03 Å². The second-order valence-corrected chi connectivity index (χ2v) is 3.09. The van der Waals surface area contributed by atoms with Gasteiger partial charge in [-0.05, 0) is 19.1 Å². The molecule has 1 saturated heterocycles. The number of nitrogens with zero attached hydrogens (tertiary/aromatic N) is 2. The highest BCUT2D eigenvalue weighted by atomic mass is 16.2. The highest BCUT2D eigenvalue weighted by Gasteiger charge is 2.28. The summed E-state index contributed by atoms with van der Waals surface area (Å²) in [6, 6.07) is 5.66. The predicted octanol–water partition coefficient (Wildman–Crippen LogP) is 1.000. The molecule has 4 nitrogen and oxygen atoms in total. The number of anilines is 1. The Labute approximate surface area is 76.6 Å². The normalized spacial score (nSPS) is 21.8. The van der Waals surface area contributed by atoms with Gasteiger partial charge in [-0.25, -0.2) is 9.78 Å². The lowest BCUT2D eigenvalue weighted by Gasteiger charge is -2.17. The van der Waals surface area contributed by atoms with Gasteiger partial charge < -0.3 is 5.32 Å². The van der Waals surface area contributed by atoms with E-state index in [1.807, 2.05) is 25.1 Å². The quantitative estimate of drug-likeness (QED) is 0.695. The van der Waals surface area contributed by atoms with Crippen molar-refractivity contribution in [3.63, 3.8) is 0 Å². The Morgan fingerprint density at radius 2 is 2.46 bits per heavy atom. The van der Waals surface area contributed by atoms with E-state index in [-0.39, 0.29) is 12.1 Å². The molecule has 2 amide bonds. The van der Waals surface area contributed by atoms with Crippen molar-refractivity contribution in [2.24, 2.45) is 0 Å². The number of rotatable bonds is 1. The summed E-state index contributed by atoms with van der Waals surface area (Å²) in [5, 5.41) is 2.76. The Bertz CT molecular complexity index is 312. The van der Waals surface area contributed by atoms with Crippen LogP contribution < -0.4 is 10.2 Å². The van der Waals surface area contributed by atoms with E-state index in [0.717, 1.165) is 0 Å². The molecule has 0 saturated carbocycles. The molecule has 0 aliphatic carbocycles. The fourth-order valence-electron chi connectivity index (χ4n) is 1.44. The zero-order valence-electron chi connectivity index (χ0n) is 7.40. The number of pyridine rings is 1. The smallest absolute Gasteiger partial charge is 0.323 e. The summed E-state index contributed by atoms with van der Waals surface area (Å²) >= 11 is 0. The van der Waals surface area contributed by atoms with Crippen LogP contribution in [-0.4, -0.2) is 23.6 Å². The van der Waals surface area contributed by atoms with Gasteiger partial charge in [-0.2, -0.15) is 0 Å². The molecule has 2 rings (SSSR count). The fraction of sp³-hybridized carbons (Fsp3) is 0.333. The van der Waals surface area contributed by atoms with Crippen LogP contribution in [0.15, 0.2) is 24.4 Å². The van der Waals surface area contributed by atoms with E-state index in [4.69, 9.17) is 0 Å². The first-order chi connectivity index (χ1) is 6.29. The third kappa shape index (κ3) is 1.35. The maximum Gasteiger partial charge on any atom is 0.323 e. The molecule has 0 radical (unpaired) electrons. The number of hydrogen-bond acceptors (Lipinski definition) is 2. The van der Waals surface area contributed by atoms with Crippen molar-refractivity contribution in [3.8, 4) is 0 Å². The third-order valence-corrected chi connectivity index (χ3v) is 2.10. The van der Waals surface area contributed by atoms with Gasteiger partial charge in [-0.3, -0.25) is 4.90 Å². The molecule has 1 unspecified atom stereocenters. The molecule has 2 heterocycles. The third-order valence-electron chi connectivity index (χ3n) is 2.10. The molecular weight excluding hydrogens is 166 g/mol. The van der Waals surface area contributed by atoms with Crippen LogP contribution in [0.3, 0.4) is 0 Å². The number of nitrogens with one attached hydrogen (secondary N) is 1. The summed E-state index contributed by atoms with van der Waals surface area (Å²) in [6.45, 7) is 2.68. The number of amides is 2. The van der Waals surface area contributed by atoms with Crippen molar-refractivity contribution in [1.82, 2.24) is 10.3 Å². The molecule has 1 aromatic heterocycles. The van der Waals surface area contributed by atoms with E-state index in [0.29, 0.717) is 12.4 Å². The van der Waals surface area contributed by atoms with Crippen LogP contribution in [0, 0.1) is 0 Å². The fourth-order valence-corrected chi connectivity index (χ4v) is 1.44. The molecule has 1 aliphatic rings. The Morgan fingerprint density at radius 3 is 3.00 bits per heavy atom. The molecule has 4 heteroatoms. The average Bonchev–Trinajstić information content (AvgIpc) is 2.48. The number of urea groups is 1. The maximum absolute atomic E-state index is 11.4. The van der Waals surface area contributed by atoms with Gasteiger partial charge in [0.05, 0.1) is 6.04 Å². The lowest BCUT2D eigenvalue weighted by Crippen LogP contribution is -2.32. The monoisotopic (exact) mass is 177 g/mol. The Hall–Kier alpha value is -1.58. The molecule has 0 bridgehead atoms. The summed E-state index contributed by atoms with van der Waals surface area (Å²) in [5.41, 5.74) is 0. The summed E-state index contributed by atoms with van der Waals surface area (Å²) < 4.78 is 0. The van der Waals surface area contributed by atoms with E-state index in [1.54, 1.807) is 11.1 Å². The van der Waals surface area contributed by atoms with Crippen molar-refractivity contribution in [2.75, 3.05) is 11.4 Å². The molecule has 68 valence electrons. The Balaban J connectivity index is 2.30. The Morgan fingerprint density at radius 1 is 1.62 bits per heavy atom. The first-order valence-electron chi connectivity index (χ1n) is 4.27. The molecular formula is C9H11N3O. The molecule has 0 spiro atoms. The lowest BCUT2D eigenvalue weighted by molar-refractivity contribution is 0.251. The van der Waals surface area contributed by atoms with Crippen molar-refractivity contribution in [2.45, 2.75) is 13.0 Å². The van der Waals surface area contributed by atoms with Crippen molar-refractivity contribution in [1.29, 1.82) is 0 Å². The number of hydrogen-bond donors (Lipinski definition) is 1. The average molecular weight is 177 g/mol. The van der Waals surface area contributed by atoms with Gasteiger partial charge in [0.15, 0.2) is 0 Å². The van der Waals surface area contributed by atoms with Crippen LogP contribution in [0.2, 0.25) is 0 Å². The summed E-state index contributed by atoms with van der Waals surface area (Å²) in [5.74, 6) is 0.713. The van der Waals surface area contributed by atoms with E-state index < -0.39 is 0 Å². The van der Waals surface area contributed by atoms with Gasteiger partial charge in [-0.15, -0.1) is 0 Å². The minimum atomic E-state index is -0.0637. The van der Waals surface area contributed by atoms with E-state index in [2.05, 4.69) is 10.3 Å². The lowest BCUT2D eigenvalue weighted by atomic mass is 10.3. The summed E-state index contributed by atoms with van der Waals surface area (Å²) in [7, 11) is 0. The van der Waals surface area contributed by atoms with Crippen molar-refractivity contribution >= 4 is 11.8 Å². The molecule has 0 aromatic carbocycles. The van der Waals surface area contributed by atoms with Gasteiger partial charge in [0.2, 0.25) is 0 Å². The SMILES string of the molecule is CC1CNC(=O)N1c1ccccn1. The molecule has 1 N–H and O–H groups in total. The molecule has 1 atom stereocenters. The summed E-state index contributed by atoms with van der Waals surface area (Å²) in [4.78, 5) is 17.2. The van der Waals surface area contributed by atoms with E-state index in [1.165, 1.54) is 0 Å². The number of carbonyl (C=O) groups is 1. The molecule has 1 fully saturated rings. The summed E-state index contributed by atoms with van der Waals surface area (Å²) in [6.07, 6.45) is 1.69. The minimum Gasteiger partial charge on any atom is -0.336 e. The highest BCUT2D eigenvalue weighted by Crippen LogP contribution is 2.16. The first-order valence-corrected chi connectivity index (χ1v) is 4.27. The molecule has 1 aromatic rings. The van der Waals surface area contributed by atoms with Crippen molar-refractivity contribution in [3.05, 3.63) is 24.4 Å². The van der Waals surface area contributed by atoms with Crippen LogP contribution in [0.1, 0.15) is 6.92 Å². The minimum absolute atomic E-state index is 0.0637. The second kappa shape index (κ2) is 3.05. The van der Waals surface area contributed by atoms with Gasteiger partial charge in [0, 0.05) is 12.7 Å². The van der Waals surface area contributed by atoms with E-state index in [9.17, 15) is 4.79 Å². The van der Waals surface area contributed by atoms with Crippen LogP contribution >= 0.6 is 0 Å². The van der Waals surface area contributed by atoms with Crippen LogP contribution in [-0.2, 0) is 0 Å². The predicted molar refractivity (Wildman–Crippen MR) is 49.6 cm³/mol. The van der Waals surface area contributed by atoms with Gasteiger partial charge in [-0.1, -0.05) is 6.07 Å². The highest BCUT2D eigenvalue weighted by molar-refractivity contribution is 5.93. The first kappa shape index (κ1) is 8.04. The van der Waals surface area contributed by atoms with Gasteiger partial charge in [0.1, 0.15) is 5.82 Å². The van der Waals surface area contributed by atoms with Crippen molar-refractivity contribution < 1.29 is 4.79 Å². The Kier molecular flexibility index (Phi) is 1.88. The molecule has 1 aliphatic heterocycles. The van der Waals surface area contributed by atoms with Crippen LogP contribution in [0.5, 0.6) is 0 Å². The largest absolute Gasteiger partial charge is 0.336 e. The standard InChI is InChI=1S/C9H11N3O/c1-7-6-11-9(13)12(7)8-4-2-3-5-10-8/h2-5,7H,6H2,1H3,(H,11,13). The van der Waals surface area contributed by atoms with Crippen LogP contribution in [0.4, 0.5) is 10.6 Å². The zero-order valence-corrected chi connectivity index (χ0v) is 7.40. The maximum atomic E-state index is 11.4. The zero-order chi connectivity index (χ0) is 9.26. The molecule has 13 heavy (non-hydrogen) atoms. The van der Waals surface area contributed by atoms with Gasteiger partial charge in [0.25, 0.3) is 0 Å². The number of carbonyl (C=O) groups excluding carboxylic acids is 1. The topological polar surface area (TPSA) is 45.2 Å². The van der Waals surface area contributed by atoms with Crippen LogP contribution in [0.25, 0.3) is 0 Å².